The number of carbonyl (C=O) groups excluding carboxylic acids is 2. The van der Waals surface area contributed by atoms with Crippen molar-refractivity contribution in [3.8, 4) is 0 Å². The fourth-order valence-corrected chi connectivity index (χ4v) is 5.45. The first-order valence-corrected chi connectivity index (χ1v) is 13.5. The lowest BCUT2D eigenvalue weighted by Gasteiger charge is -2.36. The minimum absolute atomic E-state index is 0.140. The van der Waals surface area contributed by atoms with E-state index in [2.05, 4.69) is 20.9 Å². The lowest BCUT2D eigenvalue weighted by atomic mass is 9.75. The first kappa shape index (κ1) is 29.2. The average Bonchev–Trinajstić information content (AvgIpc) is 2.94. The molecule has 0 aromatic heterocycles. The van der Waals surface area contributed by atoms with Crippen molar-refractivity contribution in [2.24, 2.45) is 10.9 Å². The van der Waals surface area contributed by atoms with Crippen LogP contribution in [-0.2, 0) is 19.1 Å². The summed E-state index contributed by atoms with van der Waals surface area (Å²) in [5.74, 6) is -2.93. The van der Waals surface area contributed by atoms with Gasteiger partial charge in [0, 0.05) is 72.9 Å². The van der Waals surface area contributed by atoms with Crippen LogP contribution in [0.3, 0.4) is 0 Å². The maximum atomic E-state index is 13.4. The second-order valence-electron chi connectivity index (χ2n) is 9.98. The molecule has 2 heterocycles. The van der Waals surface area contributed by atoms with E-state index in [0.29, 0.717) is 23.5 Å². The van der Waals surface area contributed by atoms with Gasteiger partial charge in [0.2, 0.25) is 0 Å². The summed E-state index contributed by atoms with van der Waals surface area (Å²) >= 11 is 6.29. The molecular formula is C29H33ClN4O6. The third-order valence-corrected chi connectivity index (χ3v) is 7.88. The fraction of sp³-hybridized carbons (Fsp3) is 0.414. The van der Waals surface area contributed by atoms with Crippen molar-refractivity contribution < 1.29 is 24.0 Å². The number of hydrogen-bond donors (Lipinski definition) is 0. The number of esters is 2. The third kappa shape index (κ3) is 6.34. The number of benzene rings is 2. The number of ether oxygens (including phenoxy) is 2. The molecule has 2 aliphatic heterocycles. The second-order valence-corrected chi connectivity index (χ2v) is 10.4. The number of anilines is 1. The zero-order valence-corrected chi connectivity index (χ0v) is 23.8. The highest BCUT2D eigenvalue weighted by atomic mass is 35.5. The smallest absolute Gasteiger partial charge is 0.336 e. The SMILES string of the molecule is COC(=O)C1C(C)=NC(C)=C(C(=O)OCCN2CCN(c3ccc(C)c(Cl)c3)CC2)C1c1cccc([N+](=O)[O-])c1. The third-order valence-electron chi connectivity index (χ3n) is 7.48. The Morgan fingerprint density at radius 1 is 1.10 bits per heavy atom. The molecule has 0 N–H and O–H groups in total. The van der Waals surface area contributed by atoms with Gasteiger partial charge < -0.3 is 14.4 Å². The van der Waals surface area contributed by atoms with Crippen LogP contribution < -0.4 is 4.90 Å². The second kappa shape index (κ2) is 12.6. The van der Waals surface area contributed by atoms with Gasteiger partial charge >= 0.3 is 11.9 Å². The van der Waals surface area contributed by atoms with Gasteiger partial charge in [-0.1, -0.05) is 29.8 Å². The molecule has 10 nitrogen and oxygen atoms in total. The van der Waals surface area contributed by atoms with Gasteiger partial charge in [0.25, 0.3) is 5.69 Å². The van der Waals surface area contributed by atoms with E-state index in [1.807, 2.05) is 19.1 Å². The number of aryl methyl sites for hydroxylation is 1. The first-order valence-electron chi connectivity index (χ1n) is 13.1. The predicted octanol–water partition coefficient (Wildman–Crippen LogP) is 4.54. The summed E-state index contributed by atoms with van der Waals surface area (Å²) in [5, 5.41) is 12.2. The molecule has 2 aromatic rings. The Kier molecular flexibility index (Phi) is 9.21. The van der Waals surface area contributed by atoms with E-state index in [-0.39, 0.29) is 17.9 Å². The number of carbonyl (C=O) groups is 2. The maximum absolute atomic E-state index is 13.4. The van der Waals surface area contributed by atoms with Crippen LogP contribution >= 0.6 is 11.6 Å². The van der Waals surface area contributed by atoms with Crippen molar-refractivity contribution in [2.75, 3.05) is 51.3 Å². The summed E-state index contributed by atoms with van der Waals surface area (Å²) in [4.78, 5) is 46.1. The number of halogens is 1. The van der Waals surface area contributed by atoms with Crippen molar-refractivity contribution in [1.29, 1.82) is 0 Å². The fourth-order valence-electron chi connectivity index (χ4n) is 5.28. The lowest BCUT2D eigenvalue weighted by Crippen LogP contribution is -2.47. The highest BCUT2D eigenvalue weighted by Crippen LogP contribution is 2.41. The number of rotatable bonds is 8. The Balaban J connectivity index is 1.45. The summed E-state index contributed by atoms with van der Waals surface area (Å²) in [6, 6.07) is 12.0. The molecular weight excluding hydrogens is 536 g/mol. The normalized spacial score (nSPS) is 19.7. The van der Waals surface area contributed by atoms with Gasteiger partial charge in [-0.3, -0.25) is 24.8 Å². The predicted molar refractivity (Wildman–Crippen MR) is 153 cm³/mol. The molecule has 4 rings (SSSR count). The largest absolute Gasteiger partial charge is 0.468 e. The van der Waals surface area contributed by atoms with Crippen LogP contribution in [0.1, 0.15) is 30.9 Å². The molecule has 0 radical (unpaired) electrons. The molecule has 0 spiro atoms. The van der Waals surface area contributed by atoms with Crippen LogP contribution in [0.2, 0.25) is 5.02 Å². The number of methoxy groups -OCH3 is 1. The van der Waals surface area contributed by atoms with Gasteiger partial charge in [0.15, 0.2) is 0 Å². The number of piperazine rings is 1. The lowest BCUT2D eigenvalue weighted by molar-refractivity contribution is -0.384. The monoisotopic (exact) mass is 568 g/mol. The molecule has 1 saturated heterocycles. The van der Waals surface area contributed by atoms with Crippen molar-refractivity contribution in [3.63, 3.8) is 0 Å². The first-order chi connectivity index (χ1) is 19.1. The van der Waals surface area contributed by atoms with E-state index in [1.165, 1.54) is 25.3 Å². The highest BCUT2D eigenvalue weighted by molar-refractivity contribution is 6.31. The molecule has 2 atom stereocenters. The van der Waals surface area contributed by atoms with Gasteiger partial charge in [0.1, 0.15) is 12.5 Å². The molecule has 0 aliphatic carbocycles. The molecule has 40 heavy (non-hydrogen) atoms. The van der Waals surface area contributed by atoms with Crippen LogP contribution in [0.5, 0.6) is 0 Å². The van der Waals surface area contributed by atoms with E-state index < -0.39 is 28.7 Å². The average molecular weight is 569 g/mol. The molecule has 0 saturated carbocycles. The number of nitrogens with zero attached hydrogens (tertiary/aromatic N) is 4. The van der Waals surface area contributed by atoms with Crippen molar-refractivity contribution in [2.45, 2.75) is 26.7 Å². The minimum Gasteiger partial charge on any atom is -0.468 e. The van der Waals surface area contributed by atoms with Gasteiger partial charge in [-0.05, 0) is 44.0 Å². The van der Waals surface area contributed by atoms with Crippen molar-refractivity contribution >= 4 is 40.6 Å². The standard InChI is InChI=1S/C29H33ClN4O6/c1-18-8-9-22(17-24(18)30)33-12-10-32(11-13-33)14-15-40-29(36)26-20(3)31-19(2)25(28(35)39-4)27(26)21-6-5-7-23(16-21)34(37)38/h5-9,16-17,25,27H,10-15H2,1-4H3. The Labute approximate surface area is 238 Å². The van der Waals surface area contributed by atoms with E-state index >= 15 is 0 Å². The van der Waals surface area contributed by atoms with Gasteiger partial charge in [-0.25, -0.2) is 4.79 Å². The van der Waals surface area contributed by atoms with Crippen LogP contribution in [0, 0.1) is 23.0 Å². The minimum atomic E-state index is -0.915. The van der Waals surface area contributed by atoms with Gasteiger partial charge in [0.05, 0.1) is 17.6 Å². The summed E-state index contributed by atoms with van der Waals surface area (Å²) < 4.78 is 10.7. The number of nitro groups is 1. The Morgan fingerprint density at radius 3 is 2.48 bits per heavy atom. The maximum Gasteiger partial charge on any atom is 0.336 e. The molecule has 0 amide bonds. The zero-order valence-electron chi connectivity index (χ0n) is 23.1. The molecule has 2 aliphatic rings. The van der Waals surface area contributed by atoms with E-state index in [9.17, 15) is 19.7 Å². The number of non-ortho nitro benzene ring substituents is 1. The van der Waals surface area contributed by atoms with Crippen LogP contribution in [0.4, 0.5) is 11.4 Å². The van der Waals surface area contributed by atoms with Crippen LogP contribution in [0.25, 0.3) is 0 Å². The van der Waals surface area contributed by atoms with Crippen LogP contribution in [0.15, 0.2) is 58.7 Å². The van der Waals surface area contributed by atoms with E-state index in [1.54, 1.807) is 19.9 Å². The Bertz CT molecular complexity index is 1370. The number of hydrogen-bond acceptors (Lipinski definition) is 9. The highest BCUT2D eigenvalue weighted by Gasteiger charge is 2.42. The molecule has 1 fully saturated rings. The number of allylic oxidation sites excluding steroid dienone is 1. The van der Waals surface area contributed by atoms with E-state index in [4.69, 9.17) is 21.1 Å². The Morgan fingerprint density at radius 2 is 1.82 bits per heavy atom. The van der Waals surface area contributed by atoms with Gasteiger partial charge in [-0.2, -0.15) is 0 Å². The Hall–Kier alpha value is -3.76. The molecule has 212 valence electrons. The molecule has 2 aromatic carbocycles. The van der Waals surface area contributed by atoms with Crippen LogP contribution in [-0.4, -0.2) is 73.9 Å². The zero-order chi connectivity index (χ0) is 29.0. The number of aliphatic imine (C=N–C) groups is 1. The van der Waals surface area contributed by atoms with Gasteiger partial charge in [-0.15, -0.1) is 0 Å². The van der Waals surface area contributed by atoms with Crippen molar-refractivity contribution in [3.05, 3.63) is 80.0 Å². The summed E-state index contributed by atoms with van der Waals surface area (Å²) in [6.07, 6.45) is 0. The van der Waals surface area contributed by atoms with Crippen molar-refractivity contribution in [1.82, 2.24) is 4.90 Å². The number of nitro benzene ring substituents is 1. The molecule has 0 bridgehead atoms. The van der Waals surface area contributed by atoms with E-state index in [0.717, 1.165) is 42.5 Å². The topological polar surface area (TPSA) is 115 Å². The molecule has 2 unspecified atom stereocenters. The summed E-state index contributed by atoms with van der Waals surface area (Å²) in [6.45, 7) is 9.28. The molecule has 11 heteroatoms. The summed E-state index contributed by atoms with van der Waals surface area (Å²) in [5.41, 5.74) is 3.50. The quantitative estimate of drug-likeness (QED) is 0.259. The summed E-state index contributed by atoms with van der Waals surface area (Å²) in [7, 11) is 1.26.